The minimum absolute atomic E-state index is 0.158. The molecule has 0 aromatic heterocycles. The highest BCUT2D eigenvalue weighted by Gasteiger charge is 2.38. The smallest absolute Gasteiger partial charge is 0.411 e. The summed E-state index contributed by atoms with van der Waals surface area (Å²) in [6.45, 7) is 7.22. The number of ether oxygens (including phenoxy) is 1. The Morgan fingerprint density at radius 1 is 1.36 bits per heavy atom. The van der Waals surface area contributed by atoms with E-state index >= 15 is 0 Å². The number of piperazine rings is 1. The van der Waals surface area contributed by atoms with Gasteiger partial charge in [-0.1, -0.05) is 15.9 Å². The molecule has 2 amide bonds. The fourth-order valence-corrected chi connectivity index (χ4v) is 2.90. The molecule has 25 heavy (non-hydrogen) atoms. The number of carbonyl (C=O) groups excluding carboxylic acids is 2. The zero-order valence-corrected chi connectivity index (χ0v) is 16.1. The van der Waals surface area contributed by atoms with E-state index in [0.717, 1.165) is 0 Å². The van der Waals surface area contributed by atoms with E-state index in [1.165, 1.54) is 21.9 Å². The molecule has 0 aliphatic carbocycles. The van der Waals surface area contributed by atoms with Crippen LogP contribution in [-0.4, -0.2) is 46.6 Å². The molecule has 8 nitrogen and oxygen atoms in total. The lowest BCUT2D eigenvalue weighted by molar-refractivity contribution is -0.384. The van der Waals surface area contributed by atoms with Crippen LogP contribution in [0.3, 0.4) is 0 Å². The lowest BCUT2D eigenvalue weighted by Gasteiger charge is -2.39. The summed E-state index contributed by atoms with van der Waals surface area (Å²) in [4.78, 5) is 38.4. The van der Waals surface area contributed by atoms with Gasteiger partial charge in [-0.2, -0.15) is 0 Å². The van der Waals surface area contributed by atoms with Crippen molar-refractivity contribution in [3.63, 3.8) is 0 Å². The first-order valence-corrected chi connectivity index (χ1v) is 8.55. The number of amides is 2. The maximum Gasteiger partial charge on any atom is 0.411 e. The molecule has 1 aliphatic heterocycles. The van der Waals surface area contributed by atoms with Gasteiger partial charge in [-0.05, 0) is 39.8 Å². The zero-order valence-electron chi connectivity index (χ0n) is 14.5. The maximum absolute atomic E-state index is 12.7. The number of nitro benzene ring substituents is 1. The fraction of sp³-hybridized carbons (Fsp3) is 0.500. The Labute approximate surface area is 154 Å². The quantitative estimate of drug-likeness (QED) is 0.547. The third-order valence-electron chi connectivity index (χ3n) is 3.71. The lowest BCUT2D eigenvalue weighted by atomic mass is 10.1. The molecule has 1 aromatic carbocycles. The van der Waals surface area contributed by atoms with Crippen molar-refractivity contribution in [2.75, 3.05) is 18.0 Å². The number of hydrogen-bond donors (Lipinski definition) is 0. The second-order valence-electron chi connectivity index (χ2n) is 6.73. The van der Waals surface area contributed by atoms with Crippen LogP contribution in [0.2, 0.25) is 0 Å². The molecule has 0 radical (unpaired) electrons. The van der Waals surface area contributed by atoms with Gasteiger partial charge in [0, 0.05) is 23.6 Å². The van der Waals surface area contributed by atoms with Crippen LogP contribution in [-0.2, 0) is 9.53 Å². The van der Waals surface area contributed by atoms with Gasteiger partial charge in [0.25, 0.3) is 5.69 Å². The Bertz CT molecular complexity index is 716. The van der Waals surface area contributed by atoms with Crippen molar-refractivity contribution in [2.24, 2.45) is 0 Å². The summed E-state index contributed by atoms with van der Waals surface area (Å²) >= 11 is 3.19. The summed E-state index contributed by atoms with van der Waals surface area (Å²) in [5.74, 6) is -0.387. The van der Waals surface area contributed by atoms with Gasteiger partial charge >= 0.3 is 6.09 Å². The molecular weight excluding hydrogens is 394 g/mol. The van der Waals surface area contributed by atoms with E-state index in [1.54, 1.807) is 33.8 Å². The summed E-state index contributed by atoms with van der Waals surface area (Å²) in [5.41, 5.74) is -0.615. The number of carbonyl (C=O) groups is 2. The number of rotatable bonds is 2. The highest BCUT2D eigenvalue weighted by Crippen LogP contribution is 2.33. The van der Waals surface area contributed by atoms with Gasteiger partial charge in [-0.3, -0.25) is 19.8 Å². The Hall–Kier alpha value is -2.16. The van der Waals surface area contributed by atoms with Gasteiger partial charge in [-0.15, -0.1) is 0 Å². The van der Waals surface area contributed by atoms with Crippen LogP contribution < -0.4 is 4.90 Å². The number of anilines is 1. The molecule has 1 fully saturated rings. The van der Waals surface area contributed by atoms with Crippen LogP contribution in [0.1, 0.15) is 27.7 Å². The van der Waals surface area contributed by atoms with Crippen LogP contribution in [0.4, 0.5) is 16.2 Å². The first-order chi connectivity index (χ1) is 11.5. The third kappa shape index (κ3) is 4.28. The van der Waals surface area contributed by atoms with E-state index < -0.39 is 22.7 Å². The molecule has 0 unspecified atom stereocenters. The standard InChI is InChI=1S/C16H20BrN3O5/c1-10-14(21)19(8-7-18(10)15(22)25-16(2,3)4)12-6-5-11(17)9-13(12)20(23)24/h5-6,9-10H,7-8H2,1-4H3/t10-/m0/s1. The van der Waals surface area contributed by atoms with Crippen LogP contribution >= 0.6 is 15.9 Å². The van der Waals surface area contributed by atoms with Crippen LogP contribution in [0.25, 0.3) is 0 Å². The largest absolute Gasteiger partial charge is 0.444 e. The predicted octanol–water partition coefficient (Wildman–Crippen LogP) is 3.33. The SMILES string of the molecule is C[C@H]1C(=O)N(c2ccc(Br)cc2[N+](=O)[O-])CCN1C(=O)OC(C)(C)C. The Kier molecular flexibility index (Phi) is 5.36. The van der Waals surface area contributed by atoms with Crippen molar-refractivity contribution < 1.29 is 19.2 Å². The molecule has 1 saturated heterocycles. The Morgan fingerprint density at radius 3 is 2.56 bits per heavy atom. The highest BCUT2D eigenvalue weighted by molar-refractivity contribution is 9.10. The van der Waals surface area contributed by atoms with Crippen LogP contribution in [0.15, 0.2) is 22.7 Å². The van der Waals surface area contributed by atoms with Crippen molar-refractivity contribution >= 4 is 39.3 Å². The van der Waals surface area contributed by atoms with E-state index in [-0.39, 0.29) is 30.4 Å². The second-order valence-corrected chi connectivity index (χ2v) is 7.65. The minimum Gasteiger partial charge on any atom is -0.444 e. The summed E-state index contributed by atoms with van der Waals surface area (Å²) in [5, 5.41) is 11.3. The molecule has 0 bridgehead atoms. The molecule has 0 saturated carbocycles. The van der Waals surface area contributed by atoms with E-state index in [0.29, 0.717) is 4.47 Å². The first-order valence-electron chi connectivity index (χ1n) is 7.76. The Balaban J connectivity index is 2.26. The van der Waals surface area contributed by atoms with Gasteiger partial charge < -0.3 is 9.64 Å². The second kappa shape index (κ2) is 6.99. The number of nitrogens with zero attached hydrogens (tertiary/aromatic N) is 3. The van der Waals surface area contributed by atoms with E-state index in [1.807, 2.05) is 0 Å². The van der Waals surface area contributed by atoms with Gasteiger partial charge in [0.1, 0.15) is 17.3 Å². The monoisotopic (exact) mass is 413 g/mol. The minimum atomic E-state index is -0.771. The zero-order chi connectivity index (χ0) is 18.9. The van der Waals surface area contributed by atoms with Crippen molar-refractivity contribution in [1.29, 1.82) is 0 Å². The molecule has 1 atom stereocenters. The highest BCUT2D eigenvalue weighted by atomic mass is 79.9. The van der Waals surface area contributed by atoms with E-state index in [4.69, 9.17) is 4.74 Å². The lowest BCUT2D eigenvalue weighted by Crippen LogP contribution is -2.58. The molecule has 2 rings (SSSR count). The first kappa shape index (κ1) is 19.2. The molecule has 1 aliphatic rings. The number of halogens is 1. The van der Waals surface area contributed by atoms with Gasteiger partial charge in [0.2, 0.25) is 5.91 Å². The fourth-order valence-electron chi connectivity index (χ4n) is 2.55. The van der Waals surface area contributed by atoms with E-state index in [2.05, 4.69) is 15.9 Å². The number of hydrogen-bond acceptors (Lipinski definition) is 5. The molecule has 9 heteroatoms. The van der Waals surface area contributed by atoms with Gasteiger partial charge in [-0.25, -0.2) is 4.79 Å². The molecule has 1 aromatic rings. The molecule has 136 valence electrons. The van der Waals surface area contributed by atoms with Crippen molar-refractivity contribution in [2.45, 2.75) is 39.3 Å². The number of nitro groups is 1. The Morgan fingerprint density at radius 2 is 2.00 bits per heavy atom. The van der Waals surface area contributed by atoms with Crippen LogP contribution in [0.5, 0.6) is 0 Å². The normalized spacial score (nSPS) is 18.3. The van der Waals surface area contributed by atoms with Crippen molar-refractivity contribution in [3.8, 4) is 0 Å². The topological polar surface area (TPSA) is 93.0 Å². The van der Waals surface area contributed by atoms with Crippen LogP contribution in [0, 0.1) is 10.1 Å². The average Bonchev–Trinajstić information content (AvgIpc) is 2.48. The van der Waals surface area contributed by atoms with E-state index in [9.17, 15) is 19.7 Å². The summed E-state index contributed by atoms with van der Waals surface area (Å²) < 4.78 is 5.87. The summed E-state index contributed by atoms with van der Waals surface area (Å²) in [7, 11) is 0. The van der Waals surface area contributed by atoms with Gasteiger partial charge in [0.05, 0.1) is 4.92 Å². The summed E-state index contributed by atoms with van der Waals surface area (Å²) in [6, 6.07) is 3.75. The van der Waals surface area contributed by atoms with Crippen molar-refractivity contribution in [1.82, 2.24) is 4.90 Å². The number of benzene rings is 1. The summed E-state index contributed by atoms with van der Waals surface area (Å²) in [6.07, 6.45) is -0.571. The van der Waals surface area contributed by atoms with Gasteiger partial charge in [0.15, 0.2) is 0 Å². The molecule has 1 heterocycles. The average molecular weight is 414 g/mol. The predicted molar refractivity (Wildman–Crippen MR) is 95.6 cm³/mol. The molecule has 0 N–H and O–H groups in total. The van der Waals surface area contributed by atoms with Crippen molar-refractivity contribution in [3.05, 3.63) is 32.8 Å². The maximum atomic E-state index is 12.7. The molecular formula is C16H20BrN3O5. The molecule has 0 spiro atoms. The third-order valence-corrected chi connectivity index (χ3v) is 4.20.